The monoisotopic (exact) mass is 257 g/mol. The molecule has 1 rings (SSSR count). The molecule has 0 saturated heterocycles. The van der Waals surface area contributed by atoms with Gasteiger partial charge in [-0.2, -0.15) is 0 Å². The van der Waals surface area contributed by atoms with Gasteiger partial charge in [-0.3, -0.25) is 9.59 Å². The molecular formula is C12H19NO5. The number of carbonyl (C=O) groups excluding carboxylic acids is 2. The molecule has 6 heteroatoms. The van der Waals surface area contributed by atoms with E-state index < -0.39 is 0 Å². The molecule has 0 radical (unpaired) electrons. The first-order valence-electron chi connectivity index (χ1n) is 5.88. The largest absolute Gasteiger partial charge is 0.462 e. The van der Waals surface area contributed by atoms with Crippen LogP contribution in [-0.2, 0) is 23.9 Å². The lowest BCUT2D eigenvalue weighted by Gasteiger charge is -2.33. The van der Waals surface area contributed by atoms with Crippen LogP contribution in [0.2, 0.25) is 0 Å². The van der Waals surface area contributed by atoms with Gasteiger partial charge in [0, 0.05) is 32.6 Å². The highest BCUT2D eigenvalue weighted by Crippen LogP contribution is 2.27. The van der Waals surface area contributed by atoms with Crippen molar-refractivity contribution in [3.8, 4) is 0 Å². The van der Waals surface area contributed by atoms with Crippen molar-refractivity contribution >= 4 is 17.7 Å². The predicted octanol–water partition coefficient (Wildman–Crippen LogP) is 1.28. The third-order valence-corrected chi connectivity index (χ3v) is 2.87. The molecular weight excluding hydrogens is 238 g/mol. The Labute approximate surface area is 106 Å². The topological polar surface area (TPSA) is 74.2 Å². The van der Waals surface area contributed by atoms with Crippen LogP contribution in [0.3, 0.4) is 0 Å². The Morgan fingerprint density at radius 2 is 1.83 bits per heavy atom. The molecule has 18 heavy (non-hydrogen) atoms. The van der Waals surface area contributed by atoms with Gasteiger partial charge >= 0.3 is 11.9 Å². The second-order valence-electron chi connectivity index (χ2n) is 4.37. The van der Waals surface area contributed by atoms with Crippen molar-refractivity contribution in [1.82, 2.24) is 0 Å². The molecule has 0 heterocycles. The van der Waals surface area contributed by atoms with Crippen LogP contribution in [0.4, 0.5) is 0 Å². The molecule has 0 aliphatic heterocycles. The third-order valence-electron chi connectivity index (χ3n) is 2.87. The summed E-state index contributed by atoms with van der Waals surface area (Å²) in [5.41, 5.74) is 0.737. The van der Waals surface area contributed by atoms with E-state index in [1.807, 2.05) is 6.92 Å². The minimum absolute atomic E-state index is 0.0411. The van der Waals surface area contributed by atoms with Crippen LogP contribution in [0.5, 0.6) is 0 Å². The van der Waals surface area contributed by atoms with Gasteiger partial charge in [-0.05, 0) is 0 Å². The van der Waals surface area contributed by atoms with E-state index in [-0.39, 0.29) is 30.1 Å². The van der Waals surface area contributed by atoms with E-state index in [4.69, 9.17) is 14.3 Å². The zero-order chi connectivity index (χ0) is 13.7. The maximum absolute atomic E-state index is 11.0. The average molecular weight is 257 g/mol. The van der Waals surface area contributed by atoms with E-state index >= 15 is 0 Å². The van der Waals surface area contributed by atoms with E-state index in [1.165, 1.54) is 21.0 Å². The summed E-state index contributed by atoms with van der Waals surface area (Å²) in [5.74, 6) is -0.749. The highest BCUT2D eigenvalue weighted by molar-refractivity contribution is 5.88. The van der Waals surface area contributed by atoms with E-state index in [1.54, 1.807) is 0 Å². The number of ether oxygens (including phenoxy) is 2. The maximum Gasteiger partial charge on any atom is 0.302 e. The van der Waals surface area contributed by atoms with Crippen molar-refractivity contribution < 1.29 is 23.9 Å². The molecule has 0 N–H and O–H groups in total. The van der Waals surface area contributed by atoms with Crippen molar-refractivity contribution in [3.63, 3.8) is 0 Å². The van der Waals surface area contributed by atoms with Crippen LogP contribution in [0.15, 0.2) is 5.16 Å². The Morgan fingerprint density at radius 3 is 2.33 bits per heavy atom. The maximum atomic E-state index is 11.0. The lowest BCUT2D eigenvalue weighted by atomic mass is 9.84. The van der Waals surface area contributed by atoms with Gasteiger partial charge in [-0.15, -0.1) is 0 Å². The first-order chi connectivity index (χ1) is 8.43. The quantitative estimate of drug-likeness (QED) is 0.562. The Hall–Kier alpha value is -1.59. The Kier molecular flexibility index (Phi) is 5.12. The molecule has 0 bridgehead atoms. The molecule has 1 aliphatic rings. The van der Waals surface area contributed by atoms with Crippen molar-refractivity contribution in [3.05, 3.63) is 0 Å². The van der Waals surface area contributed by atoms with E-state index in [9.17, 15) is 9.59 Å². The molecule has 1 fully saturated rings. The number of nitrogens with zero attached hydrogens (tertiary/aromatic N) is 1. The number of oxime groups is 1. The second-order valence-corrected chi connectivity index (χ2v) is 4.37. The van der Waals surface area contributed by atoms with Crippen molar-refractivity contribution in [2.45, 2.75) is 45.8 Å². The van der Waals surface area contributed by atoms with Gasteiger partial charge in [0.05, 0.1) is 5.71 Å². The molecule has 0 aromatic heterocycles. The van der Waals surface area contributed by atoms with Gasteiger partial charge < -0.3 is 14.3 Å². The Balaban J connectivity index is 2.80. The van der Waals surface area contributed by atoms with Gasteiger partial charge in [-0.1, -0.05) is 12.1 Å². The van der Waals surface area contributed by atoms with Gasteiger partial charge in [0.25, 0.3) is 0 Å². The minimum atomic E-state index is -0.355. The molecule has 0 spiro atoms. The van der Waals surface area contributed by atoms with Crippen LogP contribution in [0.1, 0.15) is 33.6 Å². The first-order valence-corrected chi connectivity index (χ1v) is 5.88. The van der Waals surface area contributed by atoms with Crippen LogP contribution in [0, 0.1) is 5.92 Å². The molecule has 3 atom stereocenters. The molecule has 1 saturated carbocycles. The minimum Gasteiger partial charge on any atom is -0.462 e. The van der Waals surface area contributed by atoms with Gasteiger partial charge in [-0.25, -0.2) is 0 Å². The normalized spacial score (nSPS) is 29.8. The van der Waals surface area contributed by atoms with Crippen molar-refractivity contribution in [2.75, 3.05) is 7.11 Å². The highest BCUT2D eigenvalue weighted by atomic mass is 16.6. The lowest BCUT2D eigenvalue weighted by molar-refractivity contribution is -0.155. The smallest absolute Gasteiger partial charge is 0.302 e. The molecule has 0 aromatic rings. The SMILES string of the molecule is CO/N=C1/C[C@H](OC(C)=O)C[C@H](OC(C)=O)C1C. The zero-order valence-electron chi connectivity index (χ0n) is 11.1. The molecule has 0 aromatic carbocycles. The molecule has 0 amide bonds. The highest BCUT2D eigenvalue weighted by Gasteiger charge is 2.36. The molecule has 102 valence electrons. The van der Waals surface area contributed by atoms with Gasteiger partial charge in [0.15, 0.2) is 0 Å². The fraction of sp³-hybridized carbons (Fsp3) is 0.750. The molecule has 6 nitrogen and oxygen atoms in total. The van der Waals surface area contributed by atoms with Crippen LogP contribution < -0.4 is 0 Å². The lowest BCUT2D eigenvalue weighted by Crippen LogP contribution is -2.41. The molecule has 1 aliphatic carbocycles. The van der Waals surface area contributed by atoms with Gasteiger partial charge in [0.2, 0.25) is 0 Å². The Bertz CT molecular complexity index is 352. The van der Waals surface area contributed by atoms with Crippen LogP contribution in [-0.4, -0.2) is 37.0 Å². The van der Waals surface area contributed by atoms with Crippen molar-refractivity contribution in [2.24, 2.45) is 11.1 Å². The zero-order valence-corrected chi connectivity index (χ0v) is 11.1. The summed E-state index contributed by atoms with van der Waals surface area (Å²) < 4.78 is 10.4. The number of carbonyl (C=O) groups is 2. The Morgan fingerprint density at radius 1 is 1.22 bits per heavy atom. The van der Waals surface area contributed by atoms with Crippen molar-refractivity contribution in [1.29, 1.82) is 0 Å². The number of esters is 2. The number of hydrogen-bond donors (Lipinski definition) is 0. The van der Waals surface area contributed by atoms with Gasteiger partial charge in [0.1, 0.15) is 19.3 Å². The van der Waals surface area contributed by atoms with E-state index in [2.05, 4.69) is 5.16 Å². The fourth-order valence-electron chi connectivity index (χ4n) is 2.11. The standard InChI is InChI=1S/C12H19NO5/c1-7-11(13-16-4)5-10(17-8(2)14)6-12(7)18-9(3)15/h7,10,12H,5-6H2,1-4H3/b13-11-/t7?,10-,12-/m0/s1. The summed E-state index contributed by atoms with van der Waals surface area (Å²) in [6.07, 6.45) is 0.335. The predicted molar refractivity (Wildman–Crippen MR) is 64.0 cm³/mol. The van der Waals surface area contributed by atoms with Crippen LogP contribution >= 0.6 is 0 Å². The average Bonchev–Trinajstić information content (AvgIpc) is 2.23. The third kappa shape index (κ3) is 4.01. The van der Waals surface area contributed by atoms with E-state index in [0.29, 0.717) is 12.8 Å². The number of rotatable bonds is 3. The first kappa shape index (κ1) is 14.5. The van der Waals surface area contributed by atoms with E-state index in [0.717, 1.165) is 5.71 Å². The molecule has 1 unspecified atom stereocenters. The van der Waals surface area contributed by atoms with Crippen LogP contribution in [0.25, 0.3) is 0 Å². The summed E-state index contributed by atoms with van der Waals surface area (Å²) in [6, 6.07) is 0. The second kappa shape index (κ2) is 6.37. The summed E-state index contributed by atoms with van der Waals surface area (Å²) in [4.78, 5) is 26.8. The summed E-state index contributed by atoms with van der Waals surface area (Å²) in [5, 5.41) is 3.91. The number of hydrogen-bond acceptors (Lipinski definition) is 6. The summed E-state index contributed by atoms with van der Waals surface area (Å²) in [6.45, 7) is 4.62. The fourth-order valence-corrected chi connectivity index (χ4v) is 2.11. The summed E-state index contributed by atoms with van der Waals surface area (Å²) in [7, 11) is 1.45. The summed E-state index contributed by atoms with van der Waals surface area (Å²) >= 11 is 0.